The number of nitrogens with two attached hydrogens (primary N) is 1. The van der Waals surface area contributed by atoms with Crippen molar-refractivity contribution in [1.82, 2.24) is 0 Å². The topological polar surface area (TPSA) is 86.2 Å². The average molecular weight is 366 g/mol. The molecule has 0 bridgehead atoms. The number of para-hydroxylation sites is 1. The van der Waals surface area contributed by atoms with E-state index in [4.69, 9.17) is 5.73 Å². The van der Waals surface area contributed by atoms with Crippen LogP contribution in [0.4, 0.5) is 5.69 Å². The van der Waals surface area contributed by atoms with Gasteiger partial charge >= 0.3 is 0 Å². The Bertz CT molecular complexity index is 855. The minimum Gasteiger partial charge on any atom is -0.327 e. The maximum Gasteiger partial charge on any atom is 0.280 e. The molecule has 3 aromatic rings. The van der Waals surface area contributed by atoms with Gasteiger partial charge in [0.15, 0.2) is 5.78 Å². The van der Waals surface area contributed by atoms with Gasteiger partial charge in [0.25, 0.3) is 5.69 Å². The highest BCUT2D eigenvalue weighted by Crippen LogP contribution is 2.20. The Labute approximate surface area is 153 Å². The number of hydrogen-bond acceptors (Lipinski definition) is 4. The zero-order chi connectivity index (χ0) is 18.8. The van der Waals surface area contributed by atoms with E-state index in [9.17, 15) is 14.9 Å². The van der Waals surface area contributed by atoms with Gasteiger partial charge in [-0.25, -0.2) is 0 Å². The Balaban J connectivity index is 0.000000228. The molecular formula is C20H19N2O3P. The predicted octanol–water partition coefficient (Wildman–Crippen LogP) is 3.73. The van der Waals surface area contributed by atoms with Crippen molar-refractivity contribution in [3.63, 3.8) is 0 Å². The summed E-state index contributed by atoms with van der Waals surface area (Å²) in [5.74, 6) is -0.335. The molecule has 0 saturated carbocycles. The van der Waals surface area contributed by atoms with Crippen LogP contribution in [0.2, 0.25) is 0 Å². The molecule has 0 heterocycles. The maximum absolute atomic E-state index is 12.1. The first-order valence-corrected chi connectivity index (χ1v) is 9.16. The Kier molecular flexibility index (Phi) is 7.62. The second-order valence-corrected chi connectivity index (χ2v) is 6.56. The zero-order valence-corrected chi connectivity index (χ0v) is 15.0. The lowest BCUT2D eigenvalue weighted by Gasteiger charge is -2.01. The first-order valence-electron chi connectivity index (χ1n) is 7.95. The highest BCUT2D eigenvalue weighted by atomic mass is 31.1. The molecule has 3 rings (SSSR count). The molecule has 3 aromatic carbocycles. The summed E-state index contributed by atoms with van der Waals surface area (Å²) in [6.45, 7) is 0. The summed E-state index contributed by atoms with van der Waals surface area (Å²) in [5.41, 5.74) is 5.77. The first kappa shape index (κ1) is 19.4. The van der Waals surface area contributed by atoms with Crippen molar-refractivity contribution in [3.8, 4) is 0 Å². The summed E-state index contributed by atoms with van der Waals surface area (Å²) in [6.07, 6.45) is 0.768. The molecule has 0 aliphatic heterocycles. The molecule has 0 aliphatic rings. The number of nitro benzene ring substituents is 1. The lowest BCUT2D eigenvalue weighted by molar-refractivity contribution is -0.385. The molecule has 0 amide bonds. The largest absolute Gasteiger partial charge is 0.327 e. The van der Waals surface area contributed by atoms with Gasteiger partial charge in [-0.05, 0) is 11.4 Å². The highest BCUT2D eigenvalue weighted by Gasteiger charge is 2.19. The van der Waals surface area contributed by atoms with E-state index in [2.05, 4.69) is 12.1 Å². The van der Waals surface area contributed by atoms with E-state index >= 15 is 0 Å². The SMILES string of the molecule is NCPc1ccccc1.O=C(c1ccccc1)c1ccccc1[N+](=O)[O-]. The Hall–Kier alpha value is -2.88. The van der Waals surface area contributed by atoms with Gasteiger partial charge in [0.1, 0.15) is 5.56 Å². The molecule has 0 saturated heterocycles. The van der Waals surface area contributed by atoms with Crippen molar-refractivity contribution in [3.05, 3.63) is 106 Å². The van der Waals surface area contributed by atoms with Crippen molar-refractivity contribution in [2.75, 3.05) is 6.29 Å². The van der Waals surface area contributed by atoms with Crippen LogP contribution >= 0.6 is 8.58 Å². The Morgan fingerprint density at radius 3 is 2.00 bits per heavy atom. The molecule has 132 valence electrons. The van der Waals surface area contributed by atoms with Crippen LogP contribution < -0.4 is 11.0 Å². The number of carbonyl (C=O) groups is 1. The monoisotopic (exact) mass is 366 g/mol. The van der Waals surface area contributed by atoms with Gasteiger partial charge in [0, 0.05) is 17.9 Å². The fourth-order valence-corrected chi connectivity index (χ4v) is 2.91. The van der Waals surface area contributed by atoms with Gasteiger partial charge in [0.2, 0.25) is 0 Å². The fourth-order valence-electron chi connectivity index (χ4n) is 2.24. The van der Waals surface area contributed by atoms with E-state index in [1.54, 1.807) is 42.5 Å². The molecule has 0 aliphatic carbocycles. The second kappa shape index (κ2) is 10.2. The third kappa shape index (κ3) is 5.59. The normalized spacial score (nSPS) is 10.2. The number of ketones is 1. The molecule has 1 unspecified atom stereocenters. The summed E-state index contributed by atoms with van der Waals surface area (Å²) in [5, 5.41) is 12.2. The van der Waals surface area contributed by atoms with E-state index in [1.807, 2.05) is 18.2 Å². The van der Waals surface area contributed by atoms with Crippen LogP contribution in [0.3, 0.4) is 0 Å². The number of nitrogens with zero attached hydrogens (tertiary/aromatic N) is 1. The lowest BCUT2D eigenvalue weighted by atomic mass is 10.0. The first-order chi connectivity index (χ1) is 12.6. The molecule has 0 fully saturated rings. The van der Waals surface area contributed by atoms with Crippen LogP contribution in [0.5, 0.6) is 0 Å². The van der Waals surface area contributed by atoms with Gasteiger partial charge in [-0.2, -0.15) is 0 Å². The van der Waals surface area contributed by atoms with Crippen molar-refractivity contribution in [2.45, 2.75) is 0 Å². The standard InChI is InChI=1S/C13H9NO3.C7H10NP/c15-13(10-6-2-1-3-7-10)11-8-4-5-9-12(11)14(16)17;8-6-9-7-4-2-1-3-5-7/h1-9H;1-5,9H,6,8H2. The van der Waals surface area contributed by atoms with Gasteiger partial charge < -0.3 is 5.73 Å². The van der Waals surface area contributed by atoms with E-state index in [0.29, 0.717) is 5.56 Å². The summed E-state index contributed by atoms with van der Waals surface area (Å²) in [6, 6.07) is 24.8. The van der Waals surface area contributed by atoms with Gasteiger partial charge in [0.05, 0.1) is 4.92 Å². The number of nitro groups is 1. The molecule has 2 N–H and O–H groups in total. The Morgan fingerprint density at radius 2 is 1.42 bits per heavy atom. The molecule has 1 atom stereocenters. The van der Waals surface area contributed by atoms with Crippen molar-refractivity contribution in [2.24, 2.45) is 5.73 Å². The molecule has 0 aromatic heterocycles. The molecule has 5 nitrogen and oxygen atoms in total. The minimum atomic E-state index is -0.545. The number of rotatable bonds is 5. The van der Waals surface area contributed by atoms with E-state index in [1.165, 1.54) is 17.4 Å². The van der Waals surface area contributed by atoms with E-state index < -0.39 is 4.92 Å². The van der Waals surface area contributed by atoms with Crippen LogP contribution in [0.25, 0.3) is 0 Å². The smallest absolute Gasteiger partial charge is 0.280 e. The third-order valence-electron chi connectivity index (χ3n) is 3.46. The summed E-state index contributed by atoms with van der Waals surface area (Å²) >= 11 is 0. The third-order valence-corrected chi connectivity index (χ3v) is 4.41. The minimum absolute atomic E-state index is 0.115. The predicted molar refractivity (Wildman–Crippen MR) is 106 cm³/mol. The molecular weight excluding hydrogens is 347 g/mol. The van der Waals surface area contributed by atoms with E-state index in [-0.39, 0.29) is 17.0 Å². The number of benzene rings is 3. The van der Waals surface area contributed by atoms with Crippen LogP contribution in [-0.2, 0) is 0 Å². The van der Waals surface area contributed by atoms with Gasteiger partial charge in [-0.1, -0.05) is 81.4 Å². The van der Waals surface area contributed by atoms with E-state index in [0.717, 1.165) is 14.9 Å². The molecule has 6 heteroatoms. The van der Waals surface area contributed by atoms with Gasteiger partial charge in [-0.15, -0.1) is 0 Å². The summed E-state index contributed by atoms with van der Waals surface area (Å²) in [7, 11) is 0.765. The molecule has 0 radical (unpaired) electrons. The second-order valence-electron chi connectivity index (χ2n) is 5.22. The van der Waals surface area contributed by atoms with Crippen LogP contribution in [-0.4, -0.2) is 17.0 Å². The van der Waals surface area contributed by atoms with Crippen LogP contribution in [0.15, 0.2) is 84.9 Å². The zero-order valence-electron chi connectivity index (χ0n) is 14.0. The highest BCUT2D eigenvalue weighted by molar-refractivity contribution is 7.47. The van der Waals surface area contributed by atoms with Crippen LogP contribution in [0.1, 0.15) is 15.9 Å². The quantitative estimate of drug-likeness (QED) is 0.323. The Morgan fingerprint density at radius 1 is 0.885 bits per heavy atom. The molecule has 26 heavy (non-hydrogen) atoms. The number of carbonyl (C=O) groups excluding carboxylic acids is 1. The van der Waals surface area contributed by atoms with Gasteiger partial charge in [-0.3, -0.25) is 14.9 Å². The number of hydrogen-bond donors (Lipinski definition) is 1. The average Bonchev–Trinajstić information content (AvgIpc) is 2.69. The van der Waals surface area contributed by atoms with Crippen molar-refractivity contribution < 1.29 is 9.72 Å². The lowest BCUT2D eigenvalue weighted by Crippen LogP contribution is -2.04. The van der Waals surface area contributed by atoms with Crippen LogP contribution in [0, 0.1) is 10.1 Å². The molecule has 0 spiro atoms. The summed E-state index contributed by atoms with van der Waals surface area (Å²) in [4.78, 5) is 22.3. The summed E-state index contributed by atoms with van der Waals surface area (Å²) < 4.78 is 0. The van der Waals surface area contributed by atoms with Crippen molar-refractivity contribution in [1.29, 1.82) is 0 Å². The fraction of sp³-hybridized carbons (Fsp3) is 0.0500. The van der Waals surface area contributed by atoms with Crippen molar-refractivity contribution >= 4 is 25.4 Å². The maximum atomic E-state index is 12.1.